The molecule has 28 heavy (non-hydrogen) atoms. The minimum Gasteiger partial charge on any atom is -0.492 e. The summed E-state index contributed by atoms with van der Waals surface area (Å²) < 4.78 is 11.6. The van der Waals surface area contributed by atoms with Crippen LogP contribution < -0.4 is 14.8 Å². The number of amides is 1. The minimum absolute atomic E-state index is 0.354. The molecule has 1 amide bonds. The van der Waals surface area contributed by atoms with Crippen molar-refractivity contribution in [1.29, 1.82) is 5.26 Å². The van der Waals surface area contributed by atoms with Gasteiger partial charge in [-0.05, 0) is 31.2 Å². The number of nitriles is 1. The molecule has 0 spiro atoms. The lowest BCUT2D eigenvalue weighted by Gasteiger charge is -2.20. The zero-order chi connectivity index (χ0) is 19.8. The van der Waals surface area contributed by atoms with Gasteiger partial charge < -0.3 is 14.8 Å². The second-order valence-corrected chi connectivity index (χ2v) is 5.93. The highest BCUT2D eigenvalue weighted by molar-refractivity contribution is 5.96. The molecule has 3 aromatic carbocycles. The molecule has 3 aromatic rings. The van der Waals surface area contributed by atoms with Gasteiger partial charge in [0, 0.05) is 5.56 Å². The number of para-hydroxylation sites is 3. The van der Waals surface area contributed by atoms with Crippen LogP contribution in [0.4, 0.5) is 5.69 Å². The van der Waals surface area contributed by atoms with Gasteiger partial charge in [0.25, 0.3) is 5.91 Å². The monoisotopic (exact) mass is 372 g/mol. The van der Waals surface area contributed by atoms with E-state index in [0.717, 1.165) is 0 Å². The van der Waals surface area contributed by atoms with Gasteiger partial charge in [0.15, 0.2) is 0 Å². The summed E-state index contributed by atoms with van der Waals surface area (Å²) in [5, 5.41) is 12.2. The largest absolute Gasteiger partial charge is 0.492 e. The minimum atomic E-state index is -0.926. The van der Waals surface area contributed by atoms with E-state index in [0.29, 0.717) is 34.9 Å². The van der Waals surface area contributed by atoms with Crippen molar-refractivity contribution in [2.75, 3.05) is 11.9 Å². The summed E-state index contributed by atoms with van der Waals surface area (Å²) >= 11 is 0. The Hall–Kier alpha value is -3.78. The van der Waals surface area contributed by atoms with E-state index in [2.05, 4.69) is 11.4 Å². The highest BCUT2D eigenvalue weighted by Gasteiger charge is 2.24. The van der Waals surface area contributed by atoms with Gasteiger partial charge in [-0.1, -0.05) is 54.6 Å². The summed E-state index contributed by atoms with van der Waals surface area (Å²) in [5.41, 5.74) is 1.61. The summed E-state index contributed by atoms with van der Waals surface area (Å²) in [5.74, 6) is 0.584. The Balaban J connectivity index is 1.91. The quantitative estimate of drug-likeness (QED) is 0.652. The summed E-state index contributed by atoms with van der Waals surface area (Å²) in [6.07, 6.45) is -0.926. The van der Waals surface area contributed by atoms with E-state index < -0.39 is 6.10 Å². The Kier molecular flexibility index (Phi) is 6.27. The molecule has 0 radical (unpaired) electrons. The number of nitrogens with zero attached hydrogens (tertiary/aromatic N) is 1. The van der Waals surface area contributed by atoms with Crippen molar-refractivity contribution in [2.24, 2.45) is 0 Å². The van der Waals surface area contributed by atoms with Crippen LogP contribution >= 0.6 is 0 Å². The zero-order valence-corrected chi connectivity index (χ0v) is 15.5. The van der Waals surface area contributed by atoms with Crippen LogP contribution in [0.1, 0.15) is 24.2 Å². The van der Waals surface area contributed by atoms with Crippen molar-refractivity contribution in [3.63, 3.8) is 0 Å². The molecular weight excluding hydrogens is 352 g/mol. The van der Waals surface area contributed by atoms with Gasteiger partial charge in [-0.2, -0.15) is 5.26 Å². The lowest BCUT2D eigenvalue weighted by Crippen LogP contribution is -2.26. The second-order valence-electron chi connectivity index (χ2n) is 5.93. The highest BCUT2D eigenvalue weighted by Crippen LogP contribution is 2.29. The smallest absolute Gasteiger partial charge is 0.270 e. The number of hydrogen-bond donors (Lipinski definition) is 1. The number of carbonyl (C=O) groups excluding carboxylic acids is 1. The molecule has 1 atom stereocenters. The van der Waals surface area contributed by atoms with Crippen molar-refractivity contribution in [3.8, 4) is 17.6 Å². The van der Waals surface area contributed by atoms with Crippen molar-refractivity contribution in [3.05, 3.63) is 90.0 Å². The third kappa shape index (κ3) is 4.49. The SMILES string of the molecule is CCOc1ccccc1NC(=O)[C@@H](Oc1ccccc1C#N)c1ccccc1. The van der Waals surface area contributed by atoms with Gasteiger partial charge in [-0.3, -0.25) is 4.79 Å². The topological polar surface area (TPSA) is 71.3 Å². The molecule has 0 saturated carbocycles. The van der Waals surface area contributed by atoms with Crippen LogP contribution in [0.25, 0.3) is 0 Å². The van der Waals surface area contributed by atoms with Crippen molar-refractivity contribution >= 4 is 11.6 Å². The Bertz CT molecular complexity index is 980. The normalized spacial score (nSPS) is 11.1. The second kappa shape index (κ2) is 9.24. The standard InChI is InChI=1S/C23H20N2O3/c1-2-27-21-15-9-7-13-19(21)25-23(26)22(17-10-4-3-5-11-17)28-20-14-8-6-12-18(20)16-24/h3-15,22H,2H2,1H3,(H,25,26)/t22-/m0/s1. The predicted molar refractivity (Wildman–Crippen MR) is 107 cm³/mol. The molecule has 0 aromatic heterocycles. The average Bonchev–Trinajstić information content (AvgIpc) is 2.74. The lowest BCUT2D eigenvalue weighted by molar-refractivity contribution is -0.123. The maximum Gasteiger partial charge on any atom is 0.270 e. The summed E-state index contributed by atoms with van der Waals surface area (Å²) in [6, 6.07) is 25.3. The van der Waals surface area contributed by atoms with Crippen LogP contribution in [0.2, 0.25) is 0 Å². The number of carbonyl (C=O) groups is 1. The number of benzene rings is 3. The fourth-order valence-corrected chi connectivity index (χ4v) is 2.74. The number of nitrogens with one attached hydrogen (secondary N) is 1. The molecule has 3 rings (SSSR count). The van der Waals surface area contributed by atoms with Gasteiger partial charge in [0.05, 0.1) is 17.9 Å². The van der Waals surface area contributed by atoms with Gasteiger partial charge in [0.1, 0.15) is 17.6 Å². The molecule has 0 heterocycles. The van der Waals surface area contributed by atoms with Crippen molar-refractivity contribution in [1.82, 2.24) is 0 Å². The number of rotatable bonds is 7. The third-order valence-corrected chi connectivity index (χ3v) is 4.04. The zero-order valence-electron chi connectivity index (χ0n) is 15.5. The third-order valence-electron chi connectivity index (χ3n) is 4.04. The fraction of sp³-hybridized carbons (Fsp3) is 0.130. The lowest BCUT2D eigenvalue weighted by atomic mass is 10.1. The molecule has 5 heteroatoms. The molecule has 0 aliphatic carbocycles. The average molecular weight is 372 g/mol. The molecule has 5 nitrogen and oxygen atoms in total. The van der Waals surface area contributed by atoms with Gasteiger partial charge >= 0.3 is 0 Å². The molecular formula is C23H20N2O3. The first kappa shape index (κ1) is 19.0. The predicted octanol–water partition coefficient (Wildman–Crippen LogP) is 4.72. The molecule has 0 saturated heterocycles. The summed E-state index contributed by atoms with van der Waals surface area (Å²) in [7, 11) is 0. The number of anilines is 1. The summed E-state index contributed by atoms with van der Waals surface area (Å²) in [6.45, 7) is 2.37. The van der Waals surface area contributed by atoms with E-state index >= 15 is 0 Å². The van der Waals surface area contributed by atoms with Crippen LogP contribution in [-0.2, 0) is 4.79 Å². The molecule has 0 bridgehead atoms. The summed E-state index contributed by atoms with van der Waals surface area (Å²) in [4.78, 5) is 13.1. The van der Waals surface area contributed by atoms with E-state index in [1.54, 1.807) is 36.4 Å². The van der Waals surface area contributed by atoms with Crippen LogP contribution in [0.3, 0.4) is 0 Å². The maximum absolute atomic E-state index is 13.1. The number of ether oxygens (including phenoxy) is 2. The first-order valence-electron chi connectivity index (χ1n) is 8.96. The van der Waals surface area contributed by atoms with Gasteiger partial charge in [0.2, 0.25) is 6.10 Å². The van der Waals surface area contributed by atoms with E-state index in [4.69, 9.17) is 9.47 Å². The van der Waals surface area contributed by atoms with Crippen LogP contribution in [-0.4, -0.2) is 12.5 Å². The van der Waals surface area contributed by atoms with Crippen molar-refractivity contribution < 1.29 is 14.3 Å². The Morgan fingerprint density at radius 1 is 0.964 bits per heavy atom. The maximum atomic E-state index is 13.1. The Labute approximate surface area is 164 Å². The van der Waals surface area contributed by atoms with Crippen LogP contribution in [0.15, 0.2) is 78.9 Å². The fourth-order valence-electron chi connectivity index (χ4n) is 2.74. The molecule has 0 aliphatic heterocycles. The first-order valence-corrected chi connectivity index (χ1v) is 8.96. The van der Waals surface area contributed by atoms with Gasteiger partial charge in [-0.25, -0.2) is 0 Å². The highest BCUT2D eigenvalue weighted by atomic mass is 16.5. The van der Waals surface area contributed by atoms with Gasteiger partial charge in [-0.15, -0.1) is 0 Å². The molecule has 0 unspecified atom stereocenters. The van der Waals surface area contributed by atoms with Crippen LogP contribution in [0, 0.1) is 11.3 Å². The Morgan fingerprint density at radius 2 is 1.61 bits per heavy atom. The van der Waals surface area contributed by atoms with Crippen molar-refractivity contribution in [2.45, 2.75) is 13.0 Å². The van der Waals surface area contributed by atoms with E-state index in [1.165, 1.54) is 0 Å². The van der Waals surface area contributed by atoms with Crippen LogP contribution in [0.5, 0.6) is 11.5 Å². The molecule has 0 fully saturated rings. The molecule has 1 N–H and O–H groups in total. The first-order chi connectivity index (χ1) is 13.7. The molecule has 140 valence electrons. The molecule has 0 aliphatic rings. The number of hydrogen-bond acceptors (Lipinski definition) is 4. The Morgan fingerprint density at radius 3 is 2.32 bits per heavy atom. The van der Waals surface area contributed by atoms with E-state index in [9.17, 15) is 10.1 Å². The van der Waals surface area contributed by atoms with E-state index in [-0.39, 0.29) is 5.91 Å². The van der Waals surface area contributed by atoms with E-state index in [1.807, 2.05) is 49.4 Å².